The molecular weight excluding hydrogens is 578 g/mol. The summed E-state index contributed by atoms with van der Waals surface area (Å²) in [6, 6.07) is 1.16. The summed E-state index contributed by atoms with van der Waals surface area (Å²) in [6.45, 7) is -4.18. The van der Waals surface area contributed by atoms with Gasteiger partial charge in [0.15, 0.2) is 0 Å². The fraction of sp³-hybridized carbons (Fsp3) is 0.455. The van der Waals surface area contributed by atoms with Crippen LogP contribution in [-0.2, 0) is 35.4 Å². The van der Waals surface area contributed by atoms with Crippen LogP contribution >= 0.6 is 15.2 Å². The van der Waals surface area contributed by atoms with Crippen molar-refractivity contribution in [3.8, 4) is 23.0 Å². The van der Waals surface area contributed by atoms with Crippen LogP contribution in [0.3, 0.4) is 0 Å². The molecule has 2 aromatic carbocycles. The smallest absolute Gasteiger partial charge is 0.339 e. The van der Waals surface area contributed by atoms with E-state index < -0.39 is 102 Å². The van der Waals surface area contributed by atoms with E-state index in [1.165, 1.54) is 0 Å². The highest BCUT2D eigenvalue weighted by Crippen LogP contribution is 2.41. The Morgan fingerprint density at radius 1 is 0.550 bits per heavy atom. The Labute approximate surface area is 228 Å². The standard InChI is InChI=1S/C22H34N2O14P2/c25-7-15-1-13(21(31)4-22(15)32)5-23(11-39(33,34)35)17(9-27)18(10-28)24(12-40(36,37)38)6-14-2-20(30)16(8-26)3-19(14)29/h1-4,17-18,25-32H,5-12H2,(H2,33,34,35)(H2,36,37,38). The van der Waals surface area contributed by atoms with Crippen molar-refractivity contribution in [1.29, 1.82) is 0 Å². The monoisotopic (exact) mass is 612 g/mol. The number of aliphatic hydroxyl groups is 4. The van der Waals surface area contributed by atoms with Crippen LogP contribution in [0.2, 0.25) is 0 Å². The number of phenols is 4. The second-order valence-corrected chi connectivity index (χ2v) is 12.4. The average Bonchev–Trinajstić information content (AvgIpc) is 2.83. The van der Waals surface area contributed by atoms with Crippen LogP contribution in [0.4, 0.5) is 0 Å². The van der Waals surface area contributed by atoms with Crippen LogP contribution in [0.5, 0.6) is 23.0 Å². The number of aliphatic hydroxyl groups excluding tert-OH is 4. The highest BCUT2D eigenvalue weighted by Gasteiger charge is 2.37. The van der Waals surface area contributed by atoms with Gasteiger partial charge in [-0.3, -0.25) is 18.9 Å². The lowest BCUT2D eigenvalue weighted by atomic mass is 10.0. The van der Waals surface area contributed by atoms with Crippen LogP contribution in [0.25, 0.3) is 0 Å². The highest BCUT2D eigenvalue weighted by atomic mass is 31.2. The zero-order valence-corrected chi connectivity index (χ0v) is 22.9. The van der Waals surface area contributed by atoms with Gasteiger partial charge in [0.2, 0.25) is 0 Å². The fourth-order valence-electron chi connectivity index (χ4n) is 4.26. The van der Waals surface area contributed by atoms with E-state index in [9.17, 15) is 69.6 Å². The van der Waals surface area contributed by atoms with Crippen molar-refractivity contribution in [1.82, 2.24) is 9.80 Å². The largest absolute Gasteiger partial charge is 0.508 e. The van der Waals surface area contributed by atoms with Crippen LogP contribution in [0, 0.1) is 0 Å². The van der Waals surface area contributed by atoms with Crippen molar-refractivity contribution in [2.24, 2.45) is 0 Å². The summed E-state index contributed by atoms with van der Waals surface area (Å²) in [5, 5.41) is 79.9. The number of hydrogen-bond donors (Lipinski definition) is 12. The molecule has 0 saturated carbocycles. The van der Waals surface area contributed by atoms with Crippen LogP contribution in [-0.4, -0.2) is 108 Å². The molecule has 2 unspecified atom stereocenters. The second kappa shape index (κ2) is 14.0. The summed E-state index contributed by atoms with van der Waals surface area (Å²) in [5.74, 6) is -1.91. The Balaban J connectivity index is 2.59. The molecule has 2 rings (SSSR count). The third kappa shape index (κ3) is 9.38. The summed E-state index contributed by atoms with van der Waals surface area (Å²) >= 11 is 0. The van der Waals surface area contributed by atoms with Crippen molar-refractivity contribution in [2.75, 3.05) is 25.8 Å². The van der Waals surface area contributed by atoms with Gasteiger partial charge in [0.1, 0.15) is 35.6 Å². The highest BCUT2D eigenvalue weighted by molar-refractivity contribution is 7.51. The molecule has 18 heteroatoms. The third-order valence-electron chi connectivity index (χ3n) is 6.14. The number of phenolic OH excluding ortho intramolecular Hbond substituents is 2. The number of hydrogen-bond acceptors (Lipinski definition) is 12. The lowest BCUT2D eigenvalue weighted by Gasteiger charge is -2.41. The molecule has 0 aromatic heterocycles. The number of aromatic hydroxyl groups is 4. The minimum atomic E-state index is -4.90. The minimum Gasteiger partial charge on any atom is -0.508 e. The van der Waals surface area contributed by atoms with Crippen molar-refractivity contribution in [2.45, 2.75) is 38.4 Å². The Bertz CT molecular complexity index is 1250. The van der Waals surface area contributed by atoms with Gasteiger partial charge >= 0.3 is 15.2 Å². The van der Waals surface area contributed by atoms with Gasteiger partial charge < -0.3 is 60.4 Å². The molecule has 16 nitrogen and oxygen atoms in total. The van der Waals surface area contributed by atoms with E-state index in [0.29, 0.717) is 0 Å². The average molecular weight is 612 g/mol. The summed E-state index contributed by atoms with van der Waals surface area (Å²) in [4.78, 5) is 40.8. The van der Waals surface area contributed by atoms with E-state index in [1.54, 1.807) is 0 Å². The van der Waals surface area contributed by atoms with E-state index in [4.69, 9.17) is 0 Å². The molecule has 0 aliphatic carbocycles. The second-order valence-electron chi connectivity index (χ2n) is 9.14. The predicted octanol–water partition coefficient (Wildman–Crippen LogP) is -1.21. The molecule has 2 atom stereocenters. The van der Waals surface area contributed by atoms with Crippen molar-refractivity contribution in [3.05, 3.63) is 46.5 Å². The van der Waals surface area contributed by atoms with E-state index in [2.05, 4.69) is 0 Å². The third-order valence-corrected chi connectivity index (χ3v) is 7.60. The SMILES string of the molecule is O=P(O)(O)CN(Cc1cc(O)c(CO)cc1O)C(CO)C(CO)N(Cc1cc(CO)c(O)cc1O)CP(=O)(O)O. The maximum atomic E-state index is 12.0. The summed E-state index contributed by atoms with van der Waals surface area (Å²) in [6.07, 6.45) is -2.11. The van der Waals surface area contributed by atoms with Crippen molar-refractivity contribution in [3.63, 3.8) is 0 Å². The molecule has 0 heterocycles. The first-order valence-electron chi connectivity index (χ1n) is 11.6. The van der Waals surface area contributed by atoms with Gasteiger partial charge in [-0.15, -0.1) is 0 Å². The van der Waals surface area contributed by atoms with Crippen molar-refractivity contribution >= 4 is 15.2 Å². The van der Waals surface area contributed by atoms with Gasteiger partial charge in [0, 0.05) is 41.4 Å². The molecule has 226 valence electrons. The van der Waals surface area contributed by atoms with Crippen molar-refractivity contribution < 1.29 is 69.6 Å². The topological polar surface area (TPSA) is 283 Å². The van der Waals surface area contributed by atoms with Gasteiger partial charge in [-0.2, -0.15) is 0 Å². The summed E-state index contributed by atoms with van der Waals surface area (Å²) < 4.78 is 24.0. The first kappa shape index (κ1) is 33.9. The fourth-order valence-corrected chi connectivity index (χ4v) is 5.83. The first-order valence-corrected chi connectivity index (χ1v) is 15.2. The normalized spacial score (nSPS) is 14.2. The lowest BCUT2D eigenvalue weighted by Crippen LogP contribution is -2.55. The van der Waals surface area contributed by atoms with Gasteiger partial charge in [0.25, 0.3) is 0 Å². The molecule has 12 N–H and O–H groups in total. The molecule has 0 aliphatic rings. The Hall–Kier alpha value is -2.30. The molecular formula is C22H34N2O14P2. The summed E-state index contributed by atoms with van der Waals surface area (Å²) in [5.41, 5.74) is -0.218. The van der Waals surface area contributed by atoms with Gasteiger partial charge in [-0.05, 0) is 18.2 Å². The number of rotatable bonds is 15. The molecule has 0 fully saturated rings. The van der Waals surface area contributed by atoms with E-state index >= 15 is 0 Å². The van der Waals surface area contributed by atoms with Gasteiger partial charge in [-0.1, -0.05) is 0 Å². The maximum absolute atomic E-state index is 12.0. The molecule has 0 spiro atoms. The maximum Gasteiger partial charge on any atom is 0.339 e. The molecule has 0 aliphatic heterocycles. The minimum absolute atomic E-state index is 0.0343. The molecule has 40 heavy (non-hydrogen) atoms. The molecule has 0 amide bonds. The van der Waals surface area contributed by atoms with Crippen LogP contribution in [0.1, 0.15) is 22.3 Å². The van der Waals surface area contributed by atoms with Crippen LogP contribution < -0.4 is 0 Å². The predicted molar refractivity (Wildman–Crippen MR) is 138 cm³/mol. The van der Waals surface area contributed by atoms with E-state index in [-0.39, 0.29) is 22.3 Å². The summed E-state index contributed by atoms with van der Waals surface area (Å²) in [7, 11) is -9.80. The molecule has 0 saturated heterocycles. The van der Waals surface area contributed by atoms with E-state index in [0.717, 1.165) is 34.1 Å². The Morgan fingerprint density at radius 3 is 1.27 bits per heavy atom. The molecule has 2 aromatic rings. The number of nitrogens with zero attached hydrogens (tertiary/aromatic N) is 2. The Kier molecular flexibility index (Phi) is 11.9. The molecule has 0 bridgehead atoms. The first-order chi connectivity index (χ1) is 18.5. The zero-order chi connectivity index (χ0) is 30.4. The number of benzene rings is 2. The Morgan fingerprint density at radius 2 is 0.875 bits per heavy atom. The molecule has 0 radical (unpaired) electrons. The van der Waals surface area contributed by atoms with Gasteiger partial charge in [-0.25, -0.2) is 0 Å². The van der Waals surface area contributed by atoms with Crippen LogP contribution in [0.15, 0.2) is 24.3 Å². The van der Waals surface area contributed by atoms with E-state index in [1.807, 2.05) is 0 Å². The zero-order valence-electron chi connectivity index (χ0n) is 21.1. The lowest BCUT2D eigenvalue weighted by molar-refractivity contribution is 0.0157. The quantitative estimate of drug-likeness (QED) is 0.0830. The van der Waals surface area contributed by atoms with Gasteiger partial charge in [0.05, 0.1) is 38.5 Å².